The van der Waals surface area contributed by atoms with E-state index >= 15 is 0 Å². The second kappa shape index (κ2) is 3.67. The Balaban J connectivity index is 3.50. The smallest absolute Gasteiger partial charge is 0.162 e. The van der Waals surface area contributed by atoms with Crippen LogP contribution in [0.25, 0.3) is 0 Å². The van der Waals surface area contributed by atoms with E-state index < -0.39 is 5.82 Å². The number of carbonyl (C=O) groups excluding carboxylic acids is 1. The van der Waals surface area contributed by atoms with Crippen molar-refractivity contribution in [3.63, 3.8) is 0 Å². The molecule has 0 unspecified atom stereocenters. The number of nitriles is 1. The lowest BCUT2D eigenvalue weighted by molar-refractivity contribution is 0.101. The molecule has 0 aromatic heterocycles. The van der Waals surface area contributed by atoms with Crippen LogP contribution in [0.1, 0.15) is 22.8 Å². The average molecular weight is 242 g/mol. The van der Waals surface area contributed by atoms with Crippen LogP contribution in [0, 0.1) is 17.1 Å². The molecule has 1 aromatic carbocycles. The number of rotatable bonds is 1. The molecule has 66 valence electrons. The van der Waals surface area contributed by atoms with E-state index in [2.05, 4.69) is 15.9 Å². The summed E-state index contributed by atoms with van der Waals surface area (Å²) in [6.45, 7) is 1.33. The van der Waals surface area contributed by atoms with Gasteiger partial charge in [0.25, 0.3) is 0 Å². The Kier molecular flexibility index (Phi) is 2.79. The largest absolute Gasteiger partial charge is 0.294 e. The van der Waals surface area contributed by atoms with Crippen LogP contribution < -0.4 is 0 Å². The van der Waals surface area contributed by atoms with Crippen LogP contribution in [0.2, 0.25) is 0 Å². The van der Waals surface area contributed by atoms with Gasteiger partial charge in [0.1, 0.15) is 11.9 Å². The average Bonchev–Trinajstić information content (AvgIpc) is 2.01. The van der Waals surface area contributed by atoms with Crippen molar-refractivity contribution in [2.45, 2.75) is 6.92 Å². The van der Waals surface area contributed by atoms with Gasteiger partial charge >= 0.3 is 0 Å². The third kappa shape index (κ3) is 1.93. The maximum Gasteiger partial charge on any atom is 0.162 e. The minimum Gasteiger partial charge on any atom is -0.294 e. The number of benzene rings is 1. The molecule has 1 rings (SSSR count). The predicted octanol–water partition coefficient (Wildman–Crippen LogP) is 2.66. The van der Waals surface area contributed by atoms with E-state index in [0.717, 1.165) is 12.1 Å². The van der Waals surface area contributed by atoms with Gasteiger partial charge in [-0.15, -0.1) is 0 Å². The third-order valence-corrected chi connectivity index (χ3v) is 2.15. The van der Waals surface area contributed by atoms with Crippen molar-refractivity contribution >= 4 is 21.7 Å². The molecular weight excluding hydrogens is 237 g/mol. The van der Waals surface area contributed by atoms with E-state index in [-0.39, 0.29) is 16.9 Å². The lowest BCUT2D eigenvalue weighted by Gasteiger charge is -2.02. The van der Waals surface area contributed by atoms with Crippen LogP contribution in [0.5, 0.6) is 0 Å². The van der Waals surface area contributed by atoms with Gasteiger partial charge in [-0.05, 0) is 35.0 Å². The summed E-state index contributed by atoms with van der Waals surface area (Å²) in [6, 6.07) is 3.98. The van der Waals surface area contributed by atoms with Crippen molar-refractivity contribution in [2.75, 3.05) is 0 Å². The molecule has 4 heteroatoms. The summed E-state index contributed by atoms with van der Waals surface area (Å²) in [5.74, 6) is -0.795. The molecule has 2 nitrogen and oxygen atoms in total. The van der Waals surface area contributed by atoms with Crippen molar-refractivity contribution in [1.29, 1.82) is 5.26 Å². The van der Waals surface area contributed by atoms with Gasteiger partial charge in [-0.1, -0.05) is 0 Å². The van der Waals surface area contributed by atoms with Crippen molar-refractivity contribution in [3.05, 3.63) is 33.5 Å². The predicted molar refractivity (Wildman–Crippen MR) is 48.8 cm³/mol. The molecule has 0 fully saturated rings. The number of hydrogen-bond acceptors (Lipinski definition) is 2. The highest BCUT2D eigenvalue weighted by molar-refractivity contribution is 9.10. The summed E-state index contributed by atoms with van der Waals surface area (Å²) in [5.41, 5.74) is 0.281. The zero-order valence-electron chi connectivity index (χ0n) is 6.77. The second-order valence-electron chi connectivity index (χ2n) is 2.48. The van der Waals surface area contributed by atoms with Crippen LogP contribution in [0.15, 0.2) is 16.6 Å². The molecule has 0 heterocycles. The van der Waals surface area contributed by atoms with Crippen LogP contribution in [0.4, 0.5) is 4.39 Å². The van der Waals surface area contributed by atoms with Crippen LogP contribution in [0.3, 0.4) is 0 Å². The first-order valence-corrected chi connectivity index (χ1v) is 4.25. The monoisotopic (exact) mass is 241 g/mol. The maximum atomic E-state index is 12.8. The molecule has 0 amide bonds. The molecule has 0 aliphatic carbocycles. The molecule has 13 heavy (non-hydrogen) atoms. The van der Waals surface area contributed by atoms with Crippen LogP contribution >= 0.6 is 15.9 Å². The fraction of sp³-hybridized carbons (Fsp3) is 0.111. The van der Waals surface area contributed by atoms with Gasteiger partial charge in [-0.2, -0.15) is 5.26 Å². The molecule has 0 radical (unpaired) electrons. The van der Waals surface area contributed by atoms with E-state index in [1.54, 1.807) is 6.07 Å². The molecule has 0 aliphatic heterocycles. The highest BCUT2D eigenvalue weighted by Crippen LogP contribution is 2.22. The summed E-state index contributed by atoms with van der Waals surface area (Å²) >= 11 is 3.03. The number of halogens is 2. The zero-order chi connectivity index (χ0) is 10.0. The summed E-state index contributed by atoms with van der Waals surface area (Å²) < 4.78 is 13.1. The number of hydrogen-bond donors (Lipinski definition) is 0. The standard InChI is InChI=1S/C9H5BrFNO/c1-5(13)9-6(4-12)2-7(11)3-8(9)10/h2-3H,1H3. The topological polar surface area (TPSA) is 40.9 Å². The molecule has 0 bridgehead atoms. The molecule has 0 spiro atoms. The van der Waals surface area contributed by atoms with E-state index in [0.29, 0.717) is 4.47 Å². The lowest BCUT2D eigenvalue weighted by Crippen LogP contribution is -1.99. The first-order chi connectivity index (χ1) is 6.06. The molecule has 0 saturated carbocycles. The quantitative estimate of drug-likeness (QED) is 0.710. The van der Waals surface area contributed by atoms with E-state index in [4.69, 9.17) is 5.26 Å². The van der Waals surface area contributed by atoms with Crippen molar-refractivity contribution < 1.29 is 9.18 Å². The second-order valence-corrected chi connectivity index (χ2v) is 3.33. The third-order valence-electron chi connectivity index (χ3n) is 1.53. The van der Waals surface area contributed by atoms with Gasteiger partial charge < -0.3 is 0 Å². The van der Waals surface area contributed by atoms with Gasteiger partial charge in [0.15, 0.2) is 5.78 Å². The Morgan fingerprint density at radius 1 is 1.62 bits per heavy atom. The molecular formula is C9H5BrFNO. The number of carbonyl (C=O) groups is 1. The Bertz CT molecular complexity index is 409. The Morgan fingerprint density at radius 2 is 2.23 bits per heavy atom. The minimum atomic E-state index is -0.534. The summed E-state index contributed by atoms with van der Waals surface area (Å²) in [7, 11) is 0. The molecule has 0 N–H and O–H groups in total. The van der Waals surface area contributed by atoms with E-state index in [1.807, 2.05) is 0 Å². The van der Waals surface area contributed by atoms with E-state index in [9.17, 15) is 9.18 Å². The normalized spacial score (nSPS) is 9.38. The highest BCUT2D eigenvalue weighted by Gasteiger charge is 2.12. The van der Waals surface area contributed by atoms with Crippen molar-refractivity contribution in [2.24, 2.45) is 0 Å². The van der Waals surface area contributed by atoms with E-state index in [1.165, 1.54) is 6.92 Å². The van der Waals surface area contributed by atoms with Crippen molar-refractivity contribution in [1.82, 2.24) is 0 Å². The summed E-state index contributed by atoms with van der Waals surface area (Å²) in [6.07, 6.45) is 0. The molecule has 0 saturated heterocycles. The fourth-order valence-electron chi connectivity index (χ4n) is 1.02. The Labute approximate surface area is 83.1 Å². The molecule has 1 aromatic rings. The number of ketones is 1. The van der Waals surface area contributed by atoms with Crippen molar-refractivity contribution in [3.8, 4) is 6.07 Å². The minimum absolute atomic E-state index is 0.0550. The maximum absolute atomic E-state index is 12.8. The highest BCUT2D eigenvalue weighted by atomic mass is 79.9. The van der Waals surface area contributed by atoms with Gasteiger partial charge in [-0.25, -0.2) is 4.39 Å². The first kappa shape index (κ1) is 9.87. The fourth-order valence-corrected chi connectivity index (χ4v) is 1.73. The Hall–Kier alpha value is -1.21. The number of nitrogens with zero attached hydrogens (tertiary/aromatic N) is 1. The SMILES string of the molecule is CC(=O)c1c(Br)cc(F)cc1C#N. The molecule has 0 aliphatic rings. The van der Waals surface area contributed by atoms with Gasteiger partial charge in [-0.3, -0.25) is 4.79 Å². The number of Topliss-reactive ketones (excluding diaryl/α,β-unsaturated/α-hetero) is 1. The lowest BCUT2D eigenvalue weighted by atomic mass is 10.1. The Morgan fingerprint density at radius 3 is 2.69 bits per heavy atom. The zero-order valence-corrected chi connectivity index (χ0v) is 8.35. The summed E-state index contributed by atoms with van der Waals surface area (Å²) in [5, 5.41) is 8.63. The van der Waals surface area contributed by atoms with Gasteiger partial charge in [0.05, 0.1) is 5.56 Å². The molecule has 0 atom stereocenters. The van der Waals surface area contributed by atoms with Crippen LogP contribution in [-0.4, -0.2) is 5.78 Å². The summed E-state index contributed by atoms with van der Waals surface area (Å²) in [4.78, 5) is 11.1. The van der Waals surface area contributed by atoms with Gasteiger partial charge in [0.2, 0.25) is 0 Å². The van der Waals surface area contributed by atoms with Gasteiger partial charge in [0, 0.05) is 10.0 Å². The van der Waals surface area contributed by atoms with Crippen LogP contribution in [-0.2, 0) is 0 Å². The first-order valence-electron chi connectivity index (χ1n) is 3.46.